The van der Waals surface area contributed by atoms with Crippen LogP contribution in [-0.2, 0) is 20.9 Å². The molecule has 1 saturated carbocycles. The Labute approximate surface area is 205 Å². The van der Waals surface area contributed by atoms with E-state index in [9.17, 15) is 9.90 Å². The average Bonchev–Trinajstić information content (AvgIpc) is 3.38. The van der Waals surface area contributed by atoms with Gasteiger partial charge in [0.2, 0.25) is 6.29 Å². The number of hydrogen-bond acceptors (Lipinski definition) is 6. The number of hydrogen-bond donors (Lipinski definition) is 1. The smallest absolute Gasteiger partial charge is 0.306 e. The molecular formula is C27H33FO7. The molecule has 1 N–H and O–H groups in total. The molecule has 1 aliphatic heterocycles. The molecule has 2 fully saturated rings. The zero-order chi connectivity index (χ0) is 24.9. The molecule has 8 heteroatoms. The maximum Gasteiger partial charge on any atom is 0.306 e. The SMILES string of the molecule is COc1cc(-c2ccc(OC3CC(C(=O)O)CCO3)cc2COC2CCCC2)c(F)c(OC)c1C. The third-order valence-corrected chi connectivity index (χ3v) is 6.85. The number of ether oxygens (including phenoxy) is 5. The summed E-state index contributed by atoms with van der Waals surface area (Å²) in [5.74, 6) is -0.641. The summed E-state index contributed by atoms with van der Waals surface area (Å²) in [5, 5.41) is 9.35. The lowest BCUT2D eigenvalue weighted by molar-refractivity contribution is -0.159. The van der Waals surface area contributed by atoms with Gasteiger partial charge in [0.25, 0.3) is 0 Å². The summed E-state index contributed by atoms with van der Waals surface area (Å²) in [4.78, 5) is 11.4. The minimum atomic E-state index is -0.847. The Kier molecular flexibility index (Phi) is 8.13. The van der Waals surface area contributed by atoms with E-state index in [-0.39, 0.29) is 18.3 Å². The van der Waals surface area contributed by atoms with Gasteiger partial charge in [0.15, 0.2) is 11.6 Å². The van der Waals surface area contributed by atoms with Crippen molar-refractivity contribution >= 4 is 5.97 Å². The van der Waals surface area contributed by atoms with E-state index in [0.29, 0.717) is 47.8 Å². The van der Waals surface area contributed by atoms with Crippen LogP contribution < -0.4 is 14.2 Å². The van der Waals surface area contributed by atoms with Crippen molar-refractivity contribution < 1.29 is 38.0 Å². The lowest BCUT2D eigenvalue weighted by Gasteiger charge is -2.28. The first-order valence-corrected chi connectivity index (χ1v) is 12.1. The number of rotatable bonds is 9. The largest absolute Gasteiger partial charge is 0.496 e. The molecular weight excluding hydrogens is 455 g/mol. The van der Waals surface area contributed by atoms with Crippen LogP contribution in [0.2, 0.25) is 0 Å². The number of carboxylic acids is 1. The van der Waals surface area contributed by atoms with Gasteiger partial charge in [0, 0.05) is 17.5 Å². The molecule has 1 heterocycles. The second-order valence-electron chi connectivity index (χ2n) is 9.11. The number of methoxy groups -OCH3 is 2. The van der Waals surface area contributed by atoms with Crippen LogP contribution in [0.3, 0.4) is 0 Å². The van der Waals surface area contributed by atoms with E-state index in [1.165, 1.54) is 7.11 Å². The van der Waals surface area contributed by atoms with Gasteiger partial charge in [0.05, 0.1) is 39.5 Å². The normalized spacial score (nSPS) is 20.6. The molecule has 2 aromatic carbocycles. The Morgan fingerprint density at radius 3 is 2.57 bits per heavy atom. The van der Waals surface area contributed by atoms with Gasteiger partial charge < -0.3 is 28.8 Å². The molecule has 1 aliphatic carbocycles. The predicted molar refractivity (Wildman–Crippen MR) is 127 cm³/mol. The summed E-state index contributed by atoms with van der Waals surface area (Å²) < 4.78 is 44.1. The molecule has 0 amide bonds. The average molecular weight is 489 g/mol. The van der Waals surface area contributed by atoms with Crippen LogP contribution in [0.15, 0.2) is 24.3 Å². The molecule has 1 saturated heterocycles. The van der Waals surface area contributed by atoms with Crippen LogP contribution in [0.5, 0.6) is 17.2 Å². The molecule has 0 radical (unpaired) electrons. The van der Waals surface area contributed by atoms with Gasteiger partial charge in [-0.2, -0.15) is 0 Å². The number of benzene rings is 2. The molecule has 2 aromatic rings. The summed E-state index contributed by atoms with van der Waals surface area (Å²) in [6.45, 7) is 2.37. The third kappa shape index (κ3) is 5.70. The van der Waals surface area contributed by atoms with Crippen molar-refractivity contribution in [1.29, 1.82) is 0 Å². The minimum Gasteiger partial charge on any atom is -0.496 e. The van der Waals surface area contributed by atoms with E-state index in [1.807, 2.05) is 6.07 Å². The van der Waals surface area contributed by atoms with Crippen molar-refractivity contribution in [3.63, 3.8) is 0 Å². The molecule has 2 atom stereocenters. The summed E-state index contributed by atoms with van der Waals surface area (Å²) in [5.41, 5.74) is 2.34. The van der Waals surface area contributed by atoms with Crippen LogP contribution in [0.1, 0.15) is 49.7 Å². The van der Waals surface area contributed by atoms with Gasteiger partial charge in [-0.15, -0.1) is 0 Å². The van der Waals surface area contributed by atoms with Crippen molar-refractivity contribution in [1.82, 2.24) is 0 Å². The maximum absolute atomic E-state index is 15.5. The zero-order valence-electron chi connectivity index (χ0n) is 20.5. The van der Waals surface area contributed by atoms with Gasteiger partial charge >= 0.3 is 5.97 Å². The van der Waals surface area contributed by atoms with Crippen molar-refractivity contribution in [3.05, 3.63) is 41.2 Å². The summed E-state index contributed by atoms with van der Waals surface area (Å²) >= 11 is 0. The Bertz CT molecular complexity index is 1050. The lowest BCUT2D eigenvalue weighted by Crippen LogP contribution is -2.33. The highest BCUT2D eigenvalue weighted by Gasteiger charge is 2.29. The van der Waals surface area contributed by atoms with Crippen LogP contribution in [0, 0.1) is 18.7 Å². The van der Waals surface area contributed by atoms with E-state index >= 15 is 4.39 Å². The Balaban J connectivity index is 1.67. The second-order valence-corrected chi connectivity index (χ2v) is 9.11. The molecule has 2 unspecified atom stereocenters. The van der Waals surface area contributed by atoms with Crippen LogP contribution in [0.4, 0.5) is 4.39 Å². The lowest BCUT2D eigenvalue weighted by atomic mass is 9.96. The molecule has 4 rings (SSSR count). The molecule has 35 heavy (non-hydrogen) atoms. The van der Waals surface area contributed by atoms with E-state index in [2.05, 4.69) is 0 Å². The number of aliphatic carboxylic acids is 1. The third-order valence-electron chi connectivity index (χ3n) is 6.85. The molecule has 0 spiro atoms. The van der Waals surface area contributed by atoms with Crippen LogP contribution in [-0.4, -0.2) is 44.3 Å². The van der Waals surface area contributed by atoms with Gasteiger partial charge in [-0.25, -0.2) is 4.39 Å². The number of halogens is 1. The Morgan fingerprint density at radius 2 is 1.89 bits per heavy atom. The highest BCUT2D eigenvalue weighted by Crippen LogP contribution is 2.40. The van der Waals surface area contributed by atoms with Gasteiger partial charge in [-0.3, -0.25) is 4.79 Å². The number of carbonyl (C=O) groups is 1. The number of carboxylic acid groups (broad SMARTS) is 1. The zero-order valence-corrected chi connectivity index (χ0v) is 20.5. The first kappa shape index (κ1) is 25.3. The maximum atomic E-state index is 15.5. The minimum absolute atomic E-state index is 0.137. The molecule has 0 aromatic heterocycles. The standard InChI is InChI=1S/C27H33FO7/c1-16-23(31-2)14-22(25(28)26(16)32-3)21-9-8-20(12-18(21)15-34-19-6-4-5-7-19)35-24-13-17(27(29)30)10-11-33-24/h8-9,12,14,17,19,24H,4-7,10-11,13,15H2,1-3H3,(H,29,30). The van der Waals surface area contributed by atoms with Crippen molar-refractivity contribution in [2.75, 3.05) is 20.8 Å². The highest BCUT2D eigenvalue weighted by molar-refractivity contribution is 5.73. The molecule has 0 bridgehead atoms. The summed E-state index contributed by atoms with van der Waals surface area (Å²) in [6.07, 6.45) is 4.57. The monoisotopic (exact) mass is 488 g/mol. The molecule has 7 nitrogen and oxygen atoms in total. The van der Waals surface area contributed by atoms with Gasteiger partial charge in [0.1, 0.15) is 11.5 Å². The van der Waals surface area contributed by atoms with Crippen molar-refractivity contribution in [2.24, 2.45) is 5.92 Å². The van der Waals surface area contributed by atoms with E-state index in [1.54, 1.807) is 32.2 Å². The van der Waals surface area contributed by atoms with Crippen LogP contribution >= 0.6 is 0 Å². The van der Waals surface area contributed by atoms with Crippen molar-refractivity contribution in [2.45, 2.75) is 64.4 Å². The van der Waals surface area contributed by atoms with Gasteiger partial charge in [-0.05, 0) is 55.5 Å². The van der Waals surface area contributed by atoms with Crippen molar-refractivity contribution in [3.8, 4) is 28.4 Å². The second kappa shape index (κ2) is 11.3. The Morgan fingerprint density at radius 1 is 1.11 bits per heavy atom. The van der Waals surface area contributed by atoms with Gasteiger partial charge in [-0.1, -0.05) is 18.9 Å². The van der Waals surface area contributed by atoms with E-state index in [4.69, 9.17) is 23.7 Å². The summed E-state index contributed by atoms with van der Waals surface area (Å²) in [6, 6.07) is 7.01. The van der Waals surface area contributed by atoms with E-state index in [0.717, 1.165) is 31.2 Å². The fourth-order valence-electron chi connectivity index (χ4n) is 4.86. The first-order valence-electron chi connectivity index (χ1n) is 12.1. The molecule has 190 valence electrons. The van der Waals surface area contributed by atoms with Crippen LogP contribution in [0.25, 0.3) is 11.1 Å². The Hall–Kier alpha value is -2.84. The predicted octanol–water partition coefficient (Wildman–Crippen LogP) is 5.49. The summed E-state index contributed by atoms with van der Waals surface area (Å²) in [7, 11) is 2.98. The first-order chi connectivity index (χ1) is 16.9. The quantitative estimate of drug-likeness (QED) is 0.499. The fourth-order valence-corrected chi connectivity index (χ4v) is 4.86. The molecule has 2 aliphatic rings. The topological polar surface area (TPSA) is 83.5 Å². The fraction of sp³-hybridized carbons (Fsp3) is 0.519. The highest BCUT2D eigenvalue weighted by atomic mass is 19.1. The van der Waals surface area contributed by atoms with E-state index < -0.39 is 24.0 Å².